The minimum atomic E-state index is -0.422. The monoisotopic (exact) mass is 266 g/mol. The fraction of sp³-hybridized carbons (Fsp3) is 0.385. The fourth-order valence-electron chi connectivity index (χ4n) is 1.53. The van der Waals surface area contributed by atoms with Crippen LogP contribution in [0.25, 0.3) is 0 Å². The van der Waals surface area contributed by atoms with Crippen molar-refractivity contribution in [3.05, 3.63) is 24.3 Å². The summed E-state index contributed by atoms with van der Waals surface area (Å²) < 4.78 is 5.03. The number of hydrogen-bond acceptors (Lipinski definition) is 3. The molecule has 1 aromatic rings. The number of ether oxygens (including phenoxy) is 1. The highest BCUT2D eigenvalue weighted by Crippen LogP contribution is 2.14. The van der Waals surface area contributed by atoms with Crippen LogP contribution in [0, 0.1) is 0 Å². The van der Waals surface area contributed by atoms with E-state index in [1.807, 2.05) is 0 Å². The summed E-state index contributed by atoms with van der Waals surface area (Å²) in [5.74, 6) is 0.133. The van der Waals surface area contributed by atoms with Gasteiger partial charge in [-0.3, -0.25) is 9.59 Å². The summed E-state index contributed by atoms with van der Waals surface area (Å²) in [6, 6.07) is 6.63. The van der Waals surface area contributed by atoms with Crippen molar-refractivity contribution in [3.63, 3.8) is 0 Å². The van der Waals surface area contributed by atoms with Crippen LogP contribution in [0.5, 0.6) is 5.75 Å². The summed E-state index contributed by atoms with van der Waals surface area (Å²) in [6.45, 7) is 1.87. The molecule has 1 aromatic carbocycles. The Labute approximate surface area is 112 Å². The molecule has 0 spiro atoms. The summed E-state index contributed by atoms with van der Waals surface area (Å²) in [7, 11) is 3.33. The van der Waals surface area contributed by atoms with Gasteiger partial charge in [-0.2, -0.15) is 0 Å². The lowest BCUT2D eigenvalue weighted by atomic mass is 10.2. The Morgan fingerprint density at radius 1 is 1.37 bits per heavy atom. The second-order valence-corrected chi connectivity index (χ2v) is 4.42. The third-order valence-electron chi connectivity index (χ3n) is 2.98. The van der Waals surface area contributed by atoms with E-state index in [1.165, 1.54) is 0 Å². The molecular weight excluding hydrogens is 246 g/mol. The van der Waals surface area contributed by atoms with Crippen molar-refractivity contribution in [2.75, 3.05) is 26.0 Å². The lowest BCUT2D eigenvalue weighted by molar-refractivity contribution is -0.885. The molecule has 0 aliphatic carbocycles. The van der Waals surface area contributed by atoms with Crippen molar-refractivity contribution in [1.82, 2.24) is 0 Å². The first-order chi connectivity index (χ1) is 8.93. The number of anilines is 1. The van der Waals surface area contributed by atoms with E-state index in [4.69, 9.17) is 10.5 Å². The molecule has 0 radical (unpaired) electrons. The average molecular weight is 266 g/mol. The predicted octanol–water partition coefficient (Wildman–Crippen LogP) is -0.978. The van der Waals surface area contributed by atoms with Crippen molar-refractivity contribution in [2.24, 2.45) is 5.73 Å². The number of amides is 2. The molecule has 0 heterocycles. The SMILES string of the molecule is COc1ccc(NC(=O)C[NH+](C)[C@@H](C)C(N)=O)cc1. The van der Waals surface area contributed by atoms with Crippen LogP contribution < -0.4 is 20.7 Å². The number of benzene rings is 1. The van der Waals surface area contributed by atoms with Gasteiger partial charge in [0.25, 0.3) is 11.8 Å². The van der Waals surface area contributed by atoms with Crippen molar-refractivity contribution < 1.29 is 19.2 Å². The molecular formula is C13H20N3O3+. The van der Waals surface area contributed by atoms with Gasteiger partial charge < -0.3 is 20.7 Å². The Balaban J connectivity index is 2.52. The van der Waals surface area contributed by atoms with Gasteiger partial charge in [0.1, 0.15) is 5.75 Å². The maximum absolute atomic E-state index is 11.8. The number of methoxy groups -OCH3 is 1. The molecule has 0 bridgehead atoms. The third kappa shape index (κ3) is 4.59. The molecule has 1 unspecified atom stereocenters. The summed E-state index contributed by atoms with van der Waals surface area (Å²) in [5.41, 5.74) is 5.88. The molecule has 0 aliphatic rings. The standard InChI is InChI=1S/C13H19N3O3/c1-9(13(14)18)16(2)8-12(17)15-10-4-6-11(19-3)7-5-10/h4-7,9H,8H2,1-3H3,(H2,14,18)(H,15,17)/p+1/t9-/m0/s1. The van der Waals surface area contributed by atoms with E-state index in [9.17, 15) is 9.59 Å². The highest BCUT2D eigenvalue weighted by atomic mass is 16.5. The Morgan fingerprint density at radius 3 is 2.42 bits per heavy atom. The molecule has 0 fully saturated rings. The van der Waals surface area contributed by atoms with Gasteiger partial charge in [-0.1, -0.05) is 0 Å². The van der Waals surface area contributed by atoms with E-state index in [0.29, 0.717) is 5.69 Å². The molecule has 6 nitrogen and oxygen atoms in total. The van der Waals surface area contributed by atoms with E-state index >= 15 is 0 Å². The van der Waals surface area contributed by atoms with Gasteiger partial charge in [0, 0.05) is 5.69 Å². The van der Waals surface area contributed by atoms with Crippen LogP contribution in [0.15, 0.2) is 24.3 Å². The lowest BCUT2D eigenvalue weighted by Crippen LogP contribution is -3.15. The number of nitrogens with two attached hydrogens (primary N) is 1. The Hall–Kier alpha value is -2.08. The number of nitrogens with one attached hydrogen (secondary N) is 2. The van der Waals surface area contributed by atoms with Gasteiger partial charge in [-0.15, -0.1) is 0 Å². The zero-order valence-electron chi connectivity index (χ0n) is 11.4. The number of carbonyl (C=O) groups is 2. The summed E-state index contributed by atoms with van der Waals surface area (Å²) in [4.78, 5) is 23.5. The zero-order valence-corrected chi connectivity index (χ0v) is 11.4. The molecule has 0 aliphatic heterocycles. The maximum Gasteiger partial charge on any atom is 0.279 e. The van der Waals surface area contributed by atoms with Crippen LogP contribution in [-0.2, 0) is 9.59 Å². The van der Waals surface area contributed by atoms with Gasteiger partial charge in [0.2, 0.25) is 0 Å². The first kappa shape index (κ1) is 15.0. The molecule has 4 N–H and O–H groups in total. The quantitative estimate of drug-likeness (QED) is 0.619. The van der Waals surface area contributed by atoms with Crippen molar-refractivity contribution >= 4 is 17.5 Å². The van der Waals surface area contributed by atoms with E-state index in [-0.39, 0.29) is 12.5 Å². The Kier molecular flexibility index (Phi) is 5.32. The molecule has 0 aromatic heterocycles. The minimum Gasteiger partial charge on any atom is -0.497 e. The normalized spacial score (nSPS) is 13.4. The molecule has 0 saturated heterocycles. The number of hydrogen-bond donors (Lipinski definition) is 3. The number of likely N-dealkylation sites (N-methyl/N-ethyl adjacent to an activating group) is 1. The summed E-state index contributed by atoms with van der Waals surface area (Å²) in [5, 5.41) is 2.75. The average Bonchev–Trinajstić information content (AvgIpc) is 2.38. The zero-order chi connectivity index (χ0) is 14.4. The van der Waals surface area contributed by atoms with Gasteiger partial charge >= 0.3 is 0 Å². The second-order valence-electron chi connectivity index (χ2n) is 4.42. The Bertz CT molecular complexity index is 445. The molecule has 2 atom stereocenters. The topological polar surface area (TPSA) is 85.9 Å². The number of rotatable bonds is 6. The van der Waals surface area contributed by atoms with Crippen LogP contribution in [-0.4, -0.2) is 38.6 Å². The number of quaternary nitrogens is 1. The maximum atomic E-state index is 11.8. The van der Waals surface area contributed by atoms with Gasteiger partial charge in [-0.05, 0) is 31.2 Å². The van der Waals surface area contributed by atoms with Gasteiger partial charge in [0.15, 0.2) is 12.6 Å². The highest BCUT2D eigenvalue weighted by Gasteiger charge is 2.21. The van der Waals surface area contributed by atoms with Crippen LogP contribution in [0.4, 0.5) is 5.69 Å². The highest BCUT2D eigenvalue weighted by molar-refractivity contribution is 5.91. The van der Waals surface area contributed by atoms with Gasteiger partial charge in [0.05, 0.1) is 14.2 Å². The third-order valence-corrected chi connectivity index (χ3v) is 2.98. The van der Waals surface area contributed by atoms with Gasteiger partial charge in [-0.25, -0.2) is 0 Å². The molecule has 6 heteroatoms. The van der Waals surface area contributed by atoms with Crippen LogP contribution in [0.2, 0.25) is 0 Å². The van der Waals surface area contributed by atoms with Crippen LogP contribution >= 0.6 is 0 Å². The van der Waals surface area contributed by atoms with Crippen molar-refractivity contribution in [1.29, 1.82) is 0 Å². The molecule has 0 saturated carbocycles. The largest absolute Gasteiger partial charge is 0.497 e. The van der Waals surface area contributed by atoms with Crippen molar-refractivity contribution in [3.8, 4) is 5.75 Å². The van der Waals surface area contributed by atoms with Crippen molar-refractivity contribution in [2.45, 2.75) is 13.0 Å². The van der Waals surface area contributed by atoms with E-state index < -0.39 is 11.9 Å². The summed E-state index contributed by atoms with van der Waals surface area (Å²) in [6.07, 6.45) is 0. The van der Waals surface area contributed by atoms with Crippen LogP contribution in [0.1, 0.15) is 6.92 Å². The first-order valence-corrected chi connectivity index (χ1v) is 5.99. The minimum absolute atomic E-state index is 0.171. The summed E-state index contributed by atoms with van der Waals surface area (Å²) >= 11 is 0. The first-order valence-electron chi connectivity index (χ1n) is 5.99. The fourth-order valence-corrected chi connectivity index (χ4v) is 1.53. The number of carbonyl (C=O) groups excluding carboxylic acids is 2. The molecule has 104 valence electrons. The molecule has 2 amide bonds. The smallest absolute Gasteiger partial charge is 0.279 e. The molecule has 19 heavy (non-hydrogen) atoms. The lowest BCUT2D eigenvalue weighted by Gasteiger charge is -2.18. The molecule has 1 rings (SSSR count). The van der Waals surface area contributed by atoms with E-state index in [1.54, 1.807) is 45.3 Å². The van der Waals surface area contributed by atoms with E-state index in [0.717, 1.165) is 10.6 Å². The Morgan fingerprint density at radius 2 is 1.95 bits per heavy atom. The van der Waals surface area contributed by atoms with Crippen LogP contribution in [0.3, 0.4) is 0 Å². The second kappa shape index (κ2) is 6.75. The van der Waals surface area contributed by atoms with E-state index in [2.05, 4.69) is 5.32 Å². The number of primary amides is 1. The predicted molar refractivity (Wildman–Crippen MR) is 72.0 cm³/mol.